The summed E-state index contributed by atoms with van der Waals surface area (Å²) < 4.78 is 0. The lowest BCUT2D eigenvalue weighted by Gasteiger charge is -2.17. The minimum absolute atomic E-state index is 0.308. The number of hydrogen-bond donors (Lipinski definition) is 0. The van der Waals surface area contributed by atoms with Gasteiger partial charge in [-0.15, -0.1) is 11.6 Å². The third kappa shape index (κ3) is 2.02. The summed E-state index contributed by atoms with van der Waals surface area (Å²) in [6.07, 6.45) is 6.29. The highest BCUT2D eigenvalue weighted by atomic mass is 35.5. The van der Waals surface area contributed by atoms with E-state index >= 15 is 0 Å². The number of aromatic nitrogens is 1. The van der Waals surface area contributed by atoms with Gasteiger partial charge in [0.2, 0.25) is 0 Å². The van der Waals surface area contributed by atoms with Crippen molar-refractivity contribution >= 4 is 11.6 Å². The number of pyridine rings is 1. The normalized spacial score (nSPS) is 21.1. The third-order valence-corrected chi connectivity index (χ3v) is 3.52. The Hall–Kier alpha value is -0.560. The fourth-order valence-electron chi connectivity index (χ4n) is 1.67. The largest absolute Gasteiger partial charge is 0.265 e. The van der Waals surface area contributed by atoms with Crippen molar-refractivity contribution in [3.05, 3.63) is 30.1 Å². The Labute approximate surface area is 84.1 Å². The van der Waals surface area contributed by atoms with Crippen LogP contribution in [0.1, 0.15) is 31.2 Å². The van der Waals surface area contributed by atoms with Gasteiger partial charge in [0.15, 0.2) is 0 Å². The first-order valence-corrected chi connectivity index (χ1v) is 5.26. The van der Waals surface area contributed by atoms with Gasteiger partial charge in [-0.1, -0.05) is 6.92 Å². The maximum absolute atomic E-state index is 6.34. The number of halogens is 1. The van der Waals surface area contributed by atoms with Crippen LogP contribution in [0, 0.1) is 5.92 Å². The van der Waals surface area contributed by atoms with E-state index in [0.717, 1.165) is 5.92 Å². The van der Waals surface area contributed by atoms with Gasteiger partial charge < -0.3 is 0 Å². The molecule has 0 aromatic carbocycles. The maximum atomic E-state index is 6.34. The molecule has 1 fully saturated rings. The maximum Gasteiger partial charge on any atom is 0.0430 e. The van der Waals surface area contributed by atoms with Crippen molar-refractivity contribution < 1.29 is 0 Å². The molecule has 1 nitrogen and oxygen atoms in total. The number of alkyl halides is 1. The summed E-state index contributed by atoms with van der Waals surface area (Å²) >= 11 is 6.34. The molecule has 2 unspecified atom stereocenters. The molecule has 2 heteroatoms. The molecule has 0 amide bonds. The highest BCUT2D eigenvalue weighted by molar-refractivity contribution is 6.21. The first kappa shape index (κ1) is 9.01. The van der Waals surface area contributed by atoms with Crippen LogP contribution in [0.2, 0.25) is 0 Å². The molecular formula is C11H14ClN. The van der Waals surface area contributed by atoms with E-state index in [0.29, 0.717) is 11.3 Å². The molecule has 1 aromatic heterocycles. The summed E-state index contributed by atoms with van der Waals surface area (Å²) in [6, 6.07) is 4.12. The highest BCUT2D eigenvalue weighted by Crippen LogP contribution is 2.42. The second kappa shape index (κ2) is 3.67. The van der Waals surface area contributed by atoms with Crippen molar-refractivity contribution in [1.29, 1.82) is 0 Å². The average molecular weight is 196 g/mol. The van der Waals surface area contributed by atoms with Crippen LogP contribution in [-0.2, 0) is 0 Å². The topological polar surface area (TPSA) is 12.9 Å². The van der Waals surface area contributed by atoms with Crippen molar-refractivity contribution in [2.45, 2.75) is 31.1 Å². The Morgan fingerprint density at radius 2 is 2.00 bits per heavy atom. The zero-order valence-electron chi connectivity index (χ0n) is 7.78. The number of hydrogen-bond acceptors (Lipinski definition) is 1. The lowest BCUT2D eigenvalue weighted by atomic mass is 9.96. The Bertz CT molecular complexity index is 269. The van der Waals surface area contributed by atoms with Crippen molar-refractivity contribution in [3.63, 3.8) is 0 Å². The summed E-state index contributed by atoms with van der Waals surface area (Å²) in [5, 5.41) is 0.308. The molecule has 1 saturated carbocycles. The summed E-state index contributed by atoms with van der Waals surface area (Å²) in [4.78, 5) is 4.00. The second-order valence-electron chi connectivity index (χ2n) is 3.85. The van der Waals surface area contributed by atoms with Gasteiger partial charge in [0.1, 0.15) is 0 Å². The molecule has 0 radical (unpaired) electrons. The van der Waals surface area contributed by atoms with E-state index in [-0.39, 0.29) is 0 Å². The van der Waals surface area contributed by atoms with E-state index in [9.17, 15) is 0 Å². The van der Waals surface area contributed by atoms with Crippen molar-refractivity contribution in [3.8, 4) is 0 Å². The predicted molar refractivity (Wildman–Crippen MR) is 55.0 cm³/mol. The standard InChI is InChI=1S/C11H14ClN/c1-8(11(12)10-2-3-10)9-4-6-13-7-5-9/h4-8,10-11H,2-3H2,1H3. The SMILES string of the molecule is CC(c1ccncc1)C(Cl)C1CC1. The molecule has 13 heavy (non-hydrogen) atoms. The number of rotatable bonds is 3. The van der Waals surface area contributed by atoms with Gasteiger partial charge in [0.05, 0.1) is 0 Å². The van der Waals surface area contributed by atoms with E-state index in [1.165, 1.54) is 18.4 Å². The van der Waals surface area contributed by atoms with E-state index < -0.39 is 0 Å². The second-order valence-corrected chi connectivity index (χ2v) is 4.36. The zero-order chi connectivity index (χ0) is 9.26. The van der Waals surface area contributed by atoms with Crippen LogP contribution >= 0.6 is 11.6 Å². The molecular weight excluding hydrogens is 182 g/mol. The summed E-state index contributed by atoms with van der Waals surface area (Å²) in [5.41, 5.74) is 1.31. The van der Waals surface area contributed by atoms with Gasteiger partial charge in [-0.3, -0.25) is 4.98 Å². The van der Waals surface area contributed by atoms with Crippen LogP contribution in [0.4, 0.5) is 0 Å². The van der Waals surface area contributed by atoms with E-state index in [1.54, 1.807) is 0 Å². The monoisotopic (exact) mass is 195 g/mol. The van der Waals surface area contributed by atoms with Gasteiger partial charge in [-0.25, -0.2) is 0 Å². The molecule has 0 N–H and O–H groups in total. The Balaban J connectivity index is 2.07. The first-order valence-electron chi connectivity index (χ1n) is 4.83. The molecule has 0 bridgehead atoms. The highest BCUT2D eigenvalue weighted by Gasteiger charge is 2.33. The molecule has 0 saturated heterocycles. The van der Waals surface area contributed by atoms with Gasteiger partial charge in [-0.2, -0.15) is 0 Å². The van der Waals surface area contributed by atoms with Gasteiger partial charge in [-0.05, 0) is 42.4 Å². The van der Waals surface area contributed by atoms with Crippen LogP contribution in [-0.4, -0.2) is 10.4 Å². The molecule has 1 aromatic rings. The van der Waals surface area contributed by atoms with Gasteiger partial charge in [0, 0.05) is 17.8 Å². The average Bonchev–Trinajstić information content (AvgIpc) is 3.00. The summed E-state index contributed by atoms with van der Waals surface area (Å²) in [5.74, 6) is 1.21. The third-order valence-electron chi connectivity index (χ3n) is 2.78. The lowest BCUT2D eigenvalue weighted by Crippen LogP contribution is -2.11. The minimum Gasteiger partial charge on any atom is -0.265 e. The van der Waals surface area contributed by atoms with E-state index in [4.69, 9.17) is 11.6 Å². The smallest absolute Gasteiger partial charge is 0.0430 e. The number of nitrogens with zero attached hydrogens (tertiary/aromatic N) is 1. The molecule has 1 aliphatic rings. The zero-order valence-corrected chi connectivity index (χ0v) is 8.54. The van der Waals surface area contributed by atoms with E-state index in [1.807, 2.05) is 12.4 Å². The van der Waals surface area contributed by atoms with E-state index in [2.05, 4.69) is 24.0 Å². The molecule has 0 spiro atoms. The molecule has 1 aliphatic carbocycles. The fraction of sp³-hybridized carbons (Fsp3) is 0.545. The summed E-state index contributed by atoms with van der Waals surface area (Å²) in [7, 11) is 0. The molecule has 2 atom stereocenters. The van der Waals surface area contributed by atoms with Crippen LogP contribution in [0.15, 0.2) is 24.5 Å². The fourth-order valence-corrected chi connectivity index (χ4v) is 2.07. The Kier molecular flexibility index (Phi) is 2.54. The minimum atomic E-state index is 0.308. The van der Waals surface area contributed by atoms with Crippen molar-refractivity contribution in [2.24, 2.45) is 5.92 Å². The van der Waals surface area contributed by atoms with Crippen LogP contribution < -0.4 is 0 Å². The van der Waals surface area contributed by atoms with Crippen molar-refractivity contribution in [1.82, 2.24) is 4.98 Å². The quantitative estimate of drug-likeness (QED) is 0.675. The van der Waals surface area contributed by atoms with Crippen LogP contribution in [0.25, 0.3) is 0 Å². The molecule has 1 heterocycles. The predicted octanol–water partition coefficient (Wildman–Crippen LogP) is 3.20. The van der Waals surface area contributed by atoms with Crippen LogP contribution in [0.3, 0.4) is 0 Å². The molecule has 0 aliphatic heterocycles. The van der Waals surface area contributed by atoms with Crippen LogP contribution in [0.5, 0.6) is 0 Å². The molecule has 2 rings (SSSR count). The molecule has 70 valence electrons. The summed E-state index contributed by atoms with van der Waals surface area (Å²) in [6.45, 7) is 2.20. The lowest BCUT2D eigenvalue weighted by molar-refractivity contribution is 0.629. The first-order chi connectivity index (χ1) is 6.29. The van der Waals surface area contributed by atoms with Gasteiger partial charge in [0.25, 0.3) is 0 Å². The Morgan fingerprint density at radius 3 is 2.54 bits per heavy atom. The van der Waals surface area contributed by atoms with Gasteiger partial charge >= 0.3 is 0 Å². The van der Waals surface area contributed by atoms with Crippen molar-refractivity contribution in [2.75, 3.05) is 0 Å². The Morgan fingerprint density at radius 1 is 1.38 bits per heavy atom.